The maximum atomic E-state index is 9.46. The number of nitrogens with one attached hydrogen (secondary N) is 1. The molecule has 1 aromatic rings. The van der Waals surface area contributed by atoms with Crippen LogP contribution in [0.4, 0.5) is 0 Å². The van der Waals surface area contributed by atoms with E-state index in [0.717, 1.165) is 32.6 Å². The lowest BCUT2D eigenvalue weighted by molar-refractivity contribution is 0.175. The fourth-order valence-electron chi connectivity index (χ4n) is 2.26. The Morgan fingerprint density at radius 3 is 2.94 bits per heavy atom. The molecule has 0 spiro atoms. The molecule has 1 atom stereocenters. The van der Waals surface area contributed by atoms with Crippen LogP contribution in [0.1, 0.15) is 17.5 Å². The van der Waals surface area contributed by atoms with Crippen molar-refractivity contribution in [2.75, 3.05) is 20.1 Å². The highest BCUT2D eigenvalue weighted by Gasteiger charge is 2.19. The van der Waals surface area contributed by atoms with Crippen LogP contribution in [-0.4, -0.2) is 36.2 Å². The average molecular weight is 220 g/mol. The summed E-state index contributed by atoms with van der Waals surface area (Å²) in [5, 5.41) is 12.6. The molecule has 1 aliphatic heterocycles. The molecule has 1 fully saturated rings. The van der Waals surface area contributed by atoms with Gasteiger partial charge in [-0.05, 0) is 24.6 Å². The molecule has 16 heavy (non-hydrogen) atoms. The molecule has 0 aliphatic carbocycles. The highest BCUT2D eigenvalue weighted by atomic mass is 16.3. The summed E-state index contributed by atoms with van der Waals surface area (Å²) in [6.45, 7) is 3.69. The number of aliphatic hydroxyl groups is 1. The quantitative estimate of drug-likeness (QED) is 0.794. The Labute approximate surface area is 97.1 Å². The number of β-amino-alcohol motifs (C(OH)–C–C–N with tert-alkyl or cyclic N) is 1. The van der Waals surface area contributed by atoms with Crippen molar-refractivity contribution in [2.24, 2.45) is 0 Å². The van der Waals surface area contributed by atoms with E-state index in [-0.39, 0.29) is 6.10 Å². The first-order chi connectivity index (χ1) is 7.78. The predicted octanol–water partition coefficient (Wildman–Crippen LogP) is 0.973. The van der Waals surface area contributed by atoms with Gasteiger partial charge in [0.15, 0.2) is 0 Å². The van der Waals surface area contributed by atoms with Crippen LogP contribution in [0, 0.1) is 0 Å². The molecule has 2 N–H and O–H groups in total. The number of aliphatic hydroxyl groups excluding tert-OH is 1. The molecule has 0 radical (unpaired) electrons. The lowest BCUT2D eigenvalue weighted by Crippen LogP contribution is -2.21. The van der Waals surface area contributed by atoms with Crippen LogP contribution in [-0.2, 0) is 13.1 Å². The minimum absolute atomic E-state index is 0.125. The second-order valence-electron chi connectivity index (χ2n) is 4.53. The van der Waals surface area contributed by atoms with Gasteiger partial charge < -0.3 is 10.4 Å². The van der Waals surface area contributed by atoms with Gasteiger partial charge in [-0.25, -0.2) is 0 Å². The highest BCUT2D eigenvalue weighted by molar-refractivity contribution is 5.23. The molecular formula is C13H20N2O. The number of rotatable bonds is 4. The van der Waals surface area contributed by atoms with Gasteiger partial charge in [0.25, 0.3) is 0 Å². The van der Waals surface area contributed by atoms with E-state index in [0.29, 0.717) is 0 Å². The summed E-state index contributed by atoms with van der Waals surface area (Å²) < 4.78 is 0. The molecule has 1 heterocycles. The molecule has 0 saturated carbocycles. The average Bonchev–Trinajstić information content (AvgIpc) is 2.65. The van der Waals surface area contributed by atoms with E-state index in [1.165, 1.54) is 11.1 Å². The summed E-state index contributed by atoms with van der Waals surface area (Å²) in [4.78, 5) is 2.31. The van der Waals surface area contributed by atoms with Crippen LogP contribution < -0.4 is 5.32 Å². The Kier molecular flexibility index (Phi) is 3.93. The van der Waals surface area contributed by atoms with Crippen molar-refractivity contribution < 1.29 is 5.11 Å². The van der Waals surface area contributed by atoms with Gasteiger partial charge >= 0.3 is 0 Å². The molecular weight excluding hydrogens is 200 g/mol. The smallest absolute Gasteiger partial charge is 0.0679 e. The van der Waals surface area contributed by atoms with E-state index < -0.39 is 0 Å². The van der Waals surface area contributed by atoms with E-state index >= 15 is 0 Å². The minimum atomic E-state index is -0.125. The zero-order valence-electron chi connectivity index (χ0n) is 9.82. The van der Waals surface area contributed by atoms with Crippen molar-refractivity contribution in [1.82, 2.24) is 10.2 Å². The van der Waals surface area contributed by atoms with Crippen molar-refractivity contribution in [3.05, 3.63) is 35.4 Å². The lowest BCUT2D eigenvalue weighted by atomic mass is 10.1. The van der Waals surface area contributed by atoms with E-state index in [1.807, 2.05) is 7.05 Å². The Hall–Kier alpha value is -0.900. The molecule has 88 valence electrons. The van der Waals surface area contributed by atoms with Crippen LogP contribution in [0.3, 0.4) is 0 Å². The Balaban J connectivity index is 1.95. The Bertz CT molecular complexity index is 340. The van der Waals surface area contributed by atoms with Crippen LogP contribution in [0.15, 0.2) is 24.3 Å². The van der Waals surface area contributed by atoms with Gasteiger partial charge in [0.05, 0.1) is 6.10 Å². The third-order valence-electron chi connectivity index (χ3n) is 3.03. The number of benzene rings is 1. The van der Waals surface area contributed by atoms with Gasteiger partial charge in [-0.3, -0.25) is 4.90 Å². The molecule has 3 heteroatoms. The summed E-state index contributed by atoms with van der Waals surface area (Å²) in [6, 6.07) is 8.64. The molecule has 1 saturated heterocycles. The summed E-state index contributed by atoms with van der Waals surface area (Å²) in [6.07, 6.45) is 0.788. The first-order valence-corrected chi connectivity index (χ1v) is 5.91. The number of hydrogen-bond acceptors (Lipinski definition) is 3. The van der Waals surface area contributed by atoms with Crippen LogP contribution in [0.5, 0.6) is 0 Å². The fraction of sp³-hybridized carbons (Fsp3) is 0.538. The van der Waals surface area contributed by atoms with E-state index in [9.17, 15) is 5.11 Å². The SMILES string of the molecule is CNCc1cccc(CN2CCC(O)C2)c1. The molecule has 0 amide bonds. The number of nitrogens with zero attached hydrogens (tertiary/aromatic N) is 1. The zero-order chi connectivity index (χ0) is 11.4. The van der Waals surface area contributed by atoms with Gasteiger partial charge in [0.2, 0.25) is 0 Å². The summed E-state index contributed by atoms with van der Waals surface area (Å²) in [7, 11) is 1.96. The van der Waals surface area contributed by atoms with Gasteiger partial charge in [0, 0.05) is 26.2 Å². The number of likely N-dealkylation sites (tertiary alicyclic amines) is 1. The summed E-state index contributed by atoms with van der Waals surface area (Å²) in [5.74, 6) is 0. The molecule has 0 aromatic heterocycles. The van der Waals surface area contributed by atoms with E-state index in [2.05, 4.69) is 34.5 Å². The second kappa shape index (κ2) is 5.43. The fourth-order valence-corrected chi connectivity index (χ4v) is 2.26. The van der Waals surface area contributed by atoms with E-state index in [1.54, 1.807) is 0 Å². The summed E-state index contributed by atoms with van der Waals surface area (Å²) >= 11 is 0. The predicted molar refractivity (Wildman–Crippen MR) is 65.1 cm³/mol. The number of hydrogen-bond donors (Lipinski definition) is 2. The third kappa shape index (κ3) is 3.04. The highest BCUT2D eigenvalue weighted by Crippen LogP contribution is 2.14. The molecule has 0 bridgehead atoms. The van der Waals surface area contributed by atoms with Gasteiger partial charge in [-0.1, -0.05) is 24.3 Å². The monoisotopic (exact) mass is 220 g/mol. The Morgan fingerprint density at radius 2 is 2.25 bits per heavy atom. The first kappa shape index (κ1) is 11.6. The minimum Gasteiger partial charge on any atom is -0.392 e. The topological polar surface area (TPSA) is 35.5 Å². The molecule has 3 nitrogen and oxygen atoms in total. The third-order valence-corrected chi connectivity index (χ3v) is 3.03. The van der Waals surface area contributed by atoms with Crippen molar-refractivity contribution in [1.29, 1.82) is 0 Å². The second-order valence-corrected chi connectivity index (χ2v) is 4.53. The van der Waals surface area contributed by atoms with Gasteiger partial charge in [-0.15, -0.1) is 0 Å². The van der Waals surface area contributed by atoms with Crippen LogP contribution in [0.2, 0.25) is 0 Å². The molecule has 2 rings (SSSR count). The summed E-state index contributed by atoms with van der Waals surface area (Å²) in [5.41, 5.74) is 2.65. The van der Waals surface area contributed by atoms with Gasteiger partial charge in [-0.2, -0.15) is 0 Å². The van der Waals surface area contributed by atoms with Crippen molar-refractivity contribution in [2.45, 2.75) is 25.6 Å². The van der Waals surface area contributed by atoms with Crippen LogP contribution >= 0.6 is 0 Å². The van der Waals surface area contributed by atoms with E-state index in [4.69, 9.17) is 0 Å². The van der Waals surface area contributed by atoms with Crippen LogP contribution in [0.25, 0.3) is 0 Å². The van der Waals surface area contributed by atoms with Crippen molar-refractivity contribution in [3.63, 3.8) is 0 Å². The van der Waals surface area contributed by atoms with Crippen molar-refractivity contribution in [3.8, 4) is 0 Å². The molecule has 1 unspecified atom stereocenters. The zero-order valence-corrected chi connectivity index (χ0v) is 9.82. The molecule has 1 aromatic carbocycles. The first-order valence-electron chi connectivity index (χ1n) is 5.91. The van der Waals surface area contributed by atoms with Crippen molar-refractivity contribution >= 4 is 0 Å². The standard InChI is InChI=1S/C13H20N2O/c1-14-8-11-3-2-4-12(7-11)9-15-6-5-13(16)10-15/h2-4,7,13-14,16H,5-6,8-10H2,1H3. The van der Waals surface area contributed by atoms with Gasteiger partial charge in [0.1, 0.15) is 0 Å². The normalized spacial score (nSPS) is 21.5. The molecule has 1 aliphatic rings. The lowest BCUT2D eigenvalue weighted by Gasteiger charge is -2.15. The maximum absolute atomic E-state index is 9.46. The Morgan fingerprint density at radius 1 is 1.44 bits per heavy atom. The maximum Gasteiger partial charge on any atom is 0.0679 e. The largest absolute Gasteiger partial charge is 0.392 e.